The molecular formula is C36H35F3N2O4. The molecule has 0 aromatic heterocycles. The molecule has 45 heavy (non-hydrogen) atoms. The molecule has 2 unspecified atom stereocenters. The van der Waals surface area contributed by atoms with E-state index in [-0.39, 0.29) is 30.9 Å². The Morgan fingerprint density at radius 2 is 1.47 bits per heavy atom. The summed E-state index contributed by atoms with van der Waals surface area (Å²) in [7, 11) is 0. The summed E-state index contributed by atoms with van der Waals surface area (Å²) < 4.78 is 47.7. The van der Waals surface area contributed by atoms with Crippen LogP contribution in [0.15, 0.2) is 97.1 Å². The number of fused-ring (bicyclic) bond motifs is 3. The van der Waals surface area contributed by atoms with Gasteiger partial charge >= 0.3 is 6.18 Å². The lowest BCUT2D eigenvalue weighted by Crippen LogP contribution is -2.53. The fourth-order valence-corrected chi connectivity index (χ4v) is 6.25. The van der Waals surface area contributed by atoms with Gasteiger partial charge in [-0.1, -0.05) is 68.4 Å². The van der Waals surface area contributed by atoms with Gasteiger partial charge < -0.3 is 14.7 Å². The van der Waals surface area contributed by atoms with Gasteiger partial charge in [0, 0.05) is 18.7 Å². The molecule has 234 valence electrons. The summed E-state index contributed by atoms with van der Waals surface area (Å²) in [4.78, 5) is 32.0. The highest BCUT2D eigenvalue weighted by molar-refractivity contribution is 6.27. The molecule has 0 saturated carbocycles. The van der Waals surface area contributed by atoms with Gasteiger partial charge in [0.2, 0.25) is 5.91 Å². The van der Waals surface area contributed by atoms with Crippen molar-refractivity contribution in [3.05, 3.63) is 119 Å². The number of para-hydroxylation sites is 1. The first-order valence-electron chi connectivity index (χ1n) is 14.9. The van der Waals surface area contributed by atoms with E-state index < -0.39 is 34.6 Å². The van der Waals surface area contributed by atoms with Crippen molar-refractivity contribution in [2.75, 3.05) is 16.3 Å². The number of carbonyl (C=O) groups is 2. The molecule has 2 amide bonds. The SMILES string of the molecule is CC.CCN1C(=O)C2(CC(C)(O)c3cc(OCc4ccccc4)ccc32)C(=O)N(c2ccccc2)c2cc(C(F)(F)F)ccc21. The van der Waals surface area contributed by atoms with Gasteiger partial charge in [0.25, 0.3) is 5.91 Å². The minimum atomic E-state index is -4.68. The summed E-state index contributed by atoms with van der Waals surface area (Å²) in [5, 5.41) is 11.7. The number of hydrogen-bond donors (Lipinski definition) is 1. The van der Waals surface area contributed by atoms with E-state index in [1.54, 1.807) is 55.5 Å². The molecule has 6 rings (SSSR count). The van der Waals surface area contributed by atoms with Crippen molar-refractivity contribution in [1.29, 1.82) is 0 Å². The molecule has 4 aromatic carbocycles. The lowest BCUT2D eigenvalue weighted by atomic mass is 9.78. The highest BCUT2D eigenvalue weighted by atomic mass is 19.4. The zero-order valence-corrected chi connectivity index (χ0v) is 25.6. The van der Waals surface area contributed by atoms with Gasteiger partial charge in [-0.15, -0.1) is 0 Å². The minimum Gasteiger partial charge on any atom is -0.489 e. The molecule has 0 fully saturated rings. The number of amides is 2. The third-order valence-corrected chi connectivity index (χ3v) is 8.23. The molecule has 1 aliphatic heterocycles. The van der Waals surface area contributed by atoms with Crippen LogP contribution in [0.1, 0.15) is 56.4 Å². The quantitative estimate of drug-likeness (QED) is 0.232. The largest absolute Gasteiger partial charge is 0.489 e. The summed E-state index contributed by atoms with van der Waals surface area (Å²) in [5.74, 6) is -0.910. The van der Waals surface area contributed by atoms with Crippen LogP contribution in [-0.4, -0.2) is 23.5 Å². The highest BCUT2D eigenvalue weighted by Gasteiger charge is 2.63. The Morgan fingerprint density at radius 3 is 2.09 bits per heavy atom. The van der Waals surface area contributed by atoms with Gasteiger partial charge in [0.05, 0.1) is 22.5 Å². The molecule has 1 N–H and O–H groups in total. The topological polar surface area (TPSA) is 70.1 Å². The average molecular weight is 617 g/mol. The number of halogens is 3. The fourth-order valence-electron chi connectivity index (χ4n) is 6.25. The maximum absolute atomic E-state index is 14.9. The summed E-state index contributed by atoms with van der Waals surface area (Å²) in [5.41, 5.74) is -2.49. The first-order chi connectivity index (χ1) is 21.5. The van der Waals surface area contributed by atoms with Crippen molar-refractivity contribution < 1.29 is 32.6 Å². The lowest BCUT2D eigenvalue weighted by molar-refractivity contribution is -0.138. The molecule has 1 spiro atoms. The zero-order valence-electron chi connectivity index (χ0n) is 25.6. The number of anilines is 3. The lowest BCUT2D eigenvalue weighted by Gasteiger charge is -2.33. The standard InChI is InChI=1S/C34H29F3N2O4.C2H6/c1-3-38-28-17-14-23(34(35,36)37)18-29(28)39(24-12-8-5-9-13-24)31(41)33(30(38)40)21-32(2,42)27-19-25(15-16-26(27)33)43-20-22-10-6-4-7-11-22;1-2/h4-19,42H,3,20-21H2,1-2H3;1-2H3. The van der Waals surface area contributed by atoms with Crippen molar-refractivity contribution in [1.82, 2.24) is 0 Å². The van der Waals surface area contributed by atoms with Crippen LogP contribution in [0.2, 0.25) is 0 Å². The number of likely N-dealkylation sites (N-methyl/N-ethyl adjacent to an activating group) is 1. The van der Waals surface area contributed by atoms with Gasteiger partial charge in [-0.25, -0.2) is 0 Å². The number of aliphatic hydroxyl groups is 1. The van der Waals surface area contributed by atoms with Gasteiger partial charge in [0.15, 0.2) is 5.41 Å². The maximum atomic E-state index is 14.9. The van der Waals surface area contributed by atoms with E-state index >= 15 is 0 Å². The first-order valence-corrected chi connectivity index (χ1v) is 14.9. The van der Waals surface area contributed by atoms with E-state index in [0.29, 0.717) is 22.6 Å². The second-order valence-electron chi connectivity index (χ2n) is 11.1. The Bertz CT molecular complexity index is 1710. The smallest absolute Gasteiger partial charge is 0.416 e. The Hall–Kier alpha value is -4.63. The van der Waals surface area contributed by atoms with E-state index in [2.05, 4.69) is 0 Å². The van der Waals surface area contributed by atoms with Crippen molar-refractivity contribution in [2.45, 2.75) is 57.9 Å². The number of ether oxygens (including phenoxy) is 1. The molecule has 6 nitrogen and oxygen atoms in total. The van der Waals surface area contributed by atoms with Crippen LogP contribution in [-0.2, 0) is 33.4 Å². The average Bonchev–Trinajstić information content (AvgIpc) is 3.25. The Balaban J connectivity index is 0.00000196. The predicted octanol–water partition coefficient (Wildman–Crippen LogP) is 7.89. The molecule has 1 heterocycles. The third kappa shape index (κ3) is 5.46. The second-order valence-corrected chi connectivity index (χ2v) is 11.1. The van der Waals surface area contributed by atoms with Crippen molar-refractivity contribution in [3.63, 3.8) is 0 Å². The molecule has 0 bridgehead atoms. The summed E-state index contributed by atoms with van der Waals surface area (Å²) in [6, 6.07) is 25.8. The number of benzene rings is 4. The number of hydrogen-bond acceptors (Lipinski definition) is 4. The van der Waals surface area contributed by atoms with Crippen molar-refractivity contribution >= 4 is 28.9 Å². The molecule has 9 heteroatoms. The molecule has 2 atom stereocenters. The summed E-state index contributed by atoms with van der Waals surface area (Å²) in [6.45, 7) is 7.59. The van der Waals surface area contributed by atoms with Gasteiger partial charge in [-0.2, -0.15) is 13.2 Å². The van der Waals surface area contributed by atoms with E-state index in [9.17, 15) is 27.9 Å². The van der Waals surface area contributed by atoms with Crippen LogP contribution >= 0.6 is 0 Å². The Morgan fingerprint density at radius 1 is 0.822 bits per heavy atom. The Labute approximate surface area is 260 Å². The minimum absolute atomic E-state index is 0.0611. The molecule has 0 saturated heterocycles. The number of nitrogens with zero attached hydrogens (tertiary/aromatic N) is 2. The van der Waals surface area contributed by atoms with Gasteiger partial charge in [0.1, 0.15) is 12.4 Å². The van der Waals surface area contributed by atoms with Crippen LogP contribution in [0.3, 0.4) is 0 Å². The second kappa shape index (κ2) is 12.0. The molecule has 4 aromatic rings. The molecule has 0 radical (unpaired) electrons. The van der Waals surface area contributed by atoms with E-state index in [1.165, 1.54) is 22.8 Å². The summed E-state index contributed by atoms with van der Waals surface area (Å²) >= 11 is 0. The Kier molecular flexibility index (Phi) is 8.51. The van der Waals surface area contributed by atoms with Crippen LogP contribution in [0, 0.1) is 0 Å². The maximum Gasteiger partial charge on any atom is 0.416 e. The molecule has 1 aliphatic carbocycles. The number of rotatable bonds is 5. The predicted molar refractivity (Wildman–Crippen MR) is 167 cm³/mol. The van der Waals surface area contributed by atoms with Crippen LogP contribution < -0.4 is 14.5 Å². The number of alkyl halides is 3. The van der Waals surface area contributed by atoms with E-state index in [1.807, 2.05) is 44.2 Å². The van der Waals surface area contributed by atoms with Crippen molar-refractivity contribution in [3.8, 4) is 5.75 Å². The van der Waals surface area contributed by atoms with Crippen LogP contribution in [0.5, 0.6) is 5.75 Å². The van der Waals surface area contributed by atoms with Crippen LogP contribution in [0.4, 0.5) is 30.2 Å². The normalized spacial score (nSPS) is 20.7. The molecule has 2 aliphatic rings. The van der Waals surface area contributed by atoms with Crippen LogP contribution in [0.25, 0.3) is 0 Å². The molecular weight excluding hydrogens is 581 g/mol. The highest BCUT2D eigenvalue weighted by Crippen LogP contribution is 2.55. The van der Waals surface area contributed by atoms with Gasteiger partial charge in [-0.05, 0) is 73.0 Å². The third-order valence-electron chi connectivity index (χ3n) is 8.23. The van der Waals surface area contributed by atoms with E-state index in [4.69, 9.17) is 4.74 Å². The van der Waals surface area contributed by atoms with E-state index in [0.717, 1.165) is 17.7 Å². The monoisotopic (exact) mass is 616 g/mol. The van der Waals surface area contributed by atoms with Gasteiger partial charge in [-0.3, -0.25) is 14.5 Å². The number of carbonyl (C=O) groups excluding carboxylic acids is 2. The zero-order chi connectivity index (χ0) is 32.6. The summed E-state index contributed by atoms with van der Waals surface area (Å²) in [6.07, 6.45) is -4.97. The first kappa shape index (κ1) is 31.8. The fraction of sp³-hybridized carbons (Fsp3) is 0.278. The van der Waals surface area contributed by atoms with Crippen molar-refractivity contribution in [2.24, 2.45) is 0 Å².